The molecule has 3 heterocycles. The highest BCUT2D eigenvalue weighted by Gasteiger charge is 2.18. The first kappa shape index (κ1) is 33.4. The molecule has 11 rings (SSSR count). The number of hydrogen-bond donors (Lipinski definition) is 0. The van der Waals surface area contributed by atoms with Crippen LogP contribution >= 0.6 is 0 Å². The molecular weight excluding hydrogens is 711 g/mol. The maximum absolute atomic E-state index is 6.38. The zero-order valence-electron chi connectivity index (χ0n) is 31.2. The maximum atomic E-state index is 6.38. The van der Waals surface area contributed by atoms with Gasteiger partial charge < -0.3 is 4.42 Å². The summed E-state index contributed by atoms with van der Waals surface area (Å²) in [5.41, 5.74) is 12.9. The summed E-state index contributed by atoms with van der Waals surface area (Å²) >= 11 is 0. The Morgan fingerprint density at radius 3 is 1.45 bits per heavy atom. The second-order valence-corrected chi connectivity index (χ2v) is 14.3. The van der Waals surface area contributed by atoms with E-state index in [1.807, 2.05) is 72.8 Å². The molecule has 0 aliphatic heterocycles. The highest BCUT2D eigenvalue weighted by atomic mass is 16.3. The molecule has 0 unspecified atom stereocenters. The van der Waals surface area contributed by atoms with Gasteiger partial charge in [-0.05, 0) is 76.3 Å². The molecule has 0 amide bonds. The Morgan fingerprint density at radius 1 is 0.345 bits per heavy atom. The van der Waals surface area contributed by atoms with Crippen LogP contribution in [-0.2, 0) is 0 Å². The third-order valence-corrected chi connectivity index (χ3v) is 10.7. The van der Waals surface area contributed by atoms with Crippen LogP contribution in [0.5, 0.6) is 0 Å². The van der Waals surface area contributed by atoms with E-state index in [9.17, 15) is 0 Å². The maximum Gasteiger partial charge on any atom is 0.238 e. The highest BCUT2D eigenvalue weighted by Crippen LogP contribution is 2.36. The van der Waals surface area contributed by atoms with Crippen molar-refractivity contribution in [3.05, 3.63) is 200 Å². The summed E-state index contributed by atoms with van der Waals surface area (Å²) in [6, 6.07) is 68.8. The van der Waals surface area contributed by atoms with Gasteiger partial charge in [-0.3, -0.25) is 4.57 Å². The molecule has 8 aromatic carbocycles. The summed E-state index contributed by atoms with van der Waals surface area (Å²) in [4.78, 5) is 20.1. The smallest absolute Gasteiger partial charge is 0.238 e. The van der Waals surface area contributed by atoms with Crippen LogP contribution in [-0.4, -0.2) is 24.5 Å². The van der Waals surface area contributed by atoms with Crippen molar-refractivity contribution in [1.82, 2.24) is 24.5 Å². The Bertz CT molecular complexity index is 3240. The lowest BCUT2D eigenvalue weighted by Gasteiger charge is -2.12. The van der Waals surface area contributed by atoms with E-state index < -0.39 is 0 Å². The van der Waals surface area contributed by atoms with Crippen LogP contribution < -0.4 is 0 Å². The fraction of sp³-hybridized carbons (Fsp3) is 0. The van der Waals surface area contributed by atoms with Gasteiger partial charge >= 0.3 is 0 Å². The molecule has 0 spiro atoms. The number of para-hydroxylation sites is 3. The molecule has 0 aliphatic carbocycles. The average molecular weight is 744 g/mol. The van der Waals surface area contributed by atoms with Crippen LogP contribution in [0, 0.1) is 0 Å². The third kappa shape index (κ3) is 5.92. The molecule has 272 valence electrons. The van der Waals surface area contributed by atoms with Crippen LogP contribution in [0.25, 0.3) is 106 Å². The molecule has 3 aromatic heterocycles. The topological polar surface area (TPSA) is 69.6 Å². The third-order valence-electron chi connectivity index (χ3n) is 10.7. The number of benzene rings is 8. The molecule has 0 fully saturated rings. The lowest BCUT2D eigenvalue weighted by molar-refractivity contribution is 0.621. The summed E-state index contributed by atoms with van der Waals surface area (Å²) in [6.07, 6.45) is 0. The monoisotopic (exact) mass is 743 g/mol. The first-order valence-corrected chi connectivity index (χ1v) is 19.3. The summed E-state index contributed by atoms with van der Waals surface area (Å²) in [7, 11) is 0. The van der Waals surface area contributed by atoms with Gasteiger partial charge in [-0.1, -0.05) is 152 Å². The van der Waals surface area contributed by atoms with Crippen molar-refractivity contribution in [3.63, 3.8) is 0 Å². The lowest BCUT2D eigenvalue weighted by Crippen LogP contribution is -2.06. The molecule has 0 saturated heterocycles. The van der Waals surface area contributed by atoms with E-state index in [-0.39, 0.29) is 0 Å². The number of hydrogen-bond acceptors (Lipinski definition) is 5. The Kier molecular flexibility index (Phi) is 8.04. The van der Waals surface area contributed by atoms with Gasteiger partial charge in [0, 0.05) is 33.0 Å². The molecule has 0 atom stereocenters. The minimum atomic E-state index is 0.575. The van der Waals surface area contributed by atoms with Gasteiger partial charge in [0.15, 0.2) is 17.2 Å². The van der Waals surface area contributed by atoms with E-state index in [1.165, 1.54) is 0 Å². The van der Waals surface area contributed by atoms with E-state index >= 15 is 0 Å². The number of nitrogens with zero attached hydrogens (tertiary/aromatic N) is 5. The Morgan fingerprint density at radius 2 is 0.810 bits per heavy atom. The van der Waals surface area contributed by atoms with Crippen molar-refractivity contribution in [3.8, 4) is 73.6 Å². The van der Waals surface area contributed by atoms with Crippen LogP contribution in [0.1, 0.15) is 0 Å². The number of fused-ring (bicyclic) bond motifs is 4. The van der Waals surface area contributed by atoms with E-state index in [4.69, 9.17) is 24.4 Å². The fourth-order valence-electron chi connectivity index (χ4n) is 7.91. The molecule has 6 heteroatoms. The van der Waals surface area contributed by atoms with E-state index in [1.54, 1.807) is 0 Å². The van der Waals surface area contributed by atoms with Gasteiger partial charge in [0.1, 0.15) is 5.52 Å². The number of rotatable bonds is 7. The van der Waals surface area contributed by atoms with Crippen molar-refractivity contribution in [2.75, 3.05) is 0 Å². The molecule has 0 N–H and O–H groups in total. The van der Waals surface area contributed by atoms with Gasteiger partial charge in [-0.25, -0.2) is 9.97 Å². The average Bonchev–Trinajstić information content (AvgIpc) is 3.90. The zero-order chi connectivity index (χ0) is 38.4. The van der Waals surface area contributed by atoms with Crippen molar-refractivity contribution in [2.45, 2.75) is 0 Å². The van der Waals surface area contributed by atoms with Crippen molar-refractivity contribution in [2.24, 2.45) is 0 Å². The molecular formula is C52H33N5O. The van der Waals surface area contributed by atoms with Crippen molar-refractivity contribution in [1.29, 1.82) is 0 Å². The highest BCUT2D eigenvalue weighted by molar-refractivity contribution is 6.09. The fourth-order valence-corrected chi connectivity index (χ4v) is 7.91. The summed E-state index contributed by atoms with van der Waals surface area (Å²) in [5.74, 6) is 2.41. The zero-order valence-corrected chi connectivity index (χ0v) is 31.2. The molecule has 0 saturated carbocycles. The number of aromatic nitrogens is 5. The van der Waals surface area contributed by atoms with E-state index in [2.05, 4.69) is 132 Å². The quantitative estimate of drug-likeness (QED) is 0.163. The standard InChI is InChI=1S/C52H33N5O/c1-3-15-34(16-4-1)49-54-50(56-52(55-49)57-46-29-9-7-25-43(46)44-26-8-10-30-47(44)57)41-24-13-22-39(33-41)37-20-11-19-36(31-37)38-21-12-23-40(32-38)42-27-14-28-45-48(42)58-51(53-45)35-17-5-2-6-18-35/h1-33H. The van der Waals surface area contributed by atoms with Gasteiger partial charge in [-0.15, -0.1) is 0 Å². The molecule has 0 radical (unpaired) electrons. The Hall–Kier alpha value is -7.96. The minimum Gasteiger partial charge on any atom is -0.435 e. The SMILES string of the molecule is c1ccc(-c2nc(-c3cccc(-c4cccc(-c5cccc(-c6cccc7nc(-c8ccccc8)oc67)c5)c4)c3)nc(-n3c4ccccc4c4ccccc43)n2)cc1. The van der Waals surface area contributed by atoms with Crippen molar-refractivity contribution < 1.29 is 4.42 Å². The second kappa shape index (κ2) is 14.0. The molecule has 11 aromatic rings. The first-order chi connectivity index (χ1) is 28.7. The molecule has 0 aliphatic rings. The summed E-state index contributed by atoms with van der Waals surface area (Å²) in [6.45, 7) is 0. The largest absolute Gasteiger partial charge is 0.435 e. The Labute approximate surface area is 334 Å². The first-order valence-electron chi connectivity index (χ1n) is 19.3. The molecule has 0 bridgehead atoms. The number of oxazole rings is 1. The van der Waals surface area contributed by atoms with E-state index in [0.717, 1.165) is 83.0 Å². The Balaban J connectivity index is 0.982. The molecule has 6 nitrogen and oxygen atoms in total. The van der Waals surface area contributed by atoms with Crippen LogP contribution in [0.15, 0.2) is 205 Å². The summed E-state index contributed by atoms with van der Waals surface area (Å²) in [5, 5.41) is 2.31. The van der Waals surface area contributed by atoms with Crippen LogP contribution in [0.2, 0.25) is 0 Å². The van der Waals surface area contributed by atoms with Crippen molar-refractivity contribution >= 4 is 32.9 Å². The predicted molar refractivity (Wildman–Crippen MR) is 234 cm³/mol. The van der Waals surface area contributed by atoms with Crippen LogP contribution in [0.4, 0.5) is 0 Å². The normalized spacial score (nSPS) is 11.4. The summed E-state index contributed by atoms with van der Waals surface area (Å²) < 4.78 is 8.53. The van der Waals surface area contributed by atoms with Gasteiger partial charge in [-0.2, -0.15) is 9.97 Å². The predicted octanol–water partition coefficient (Wildman–Crippen LogP) is 13.1. The van der Waals surface area contributed by atoms with E-state index in [0.29, 0.717) is 23.5 Å². The lowest BCUT2D eigenvalue weighted by atomic mass is 9.95. The van der Waals surface area contributed by atoms with Gasteiger partial charge in [0.25, 0.3) is 0 Å². The van der Waals surface area contributed by atoms with Gasteiger partial charge in [0.05, 0.1) is 11.0 Å². The molecule has 58 heavy (non-hydrogen) atoms. The van der Waals surface area contributed by atoms with Gasteiger partial charge in [0.2, 0.25) is 11.8 Å². The van der Waals surface area contributed by atoms with Crippen LogP contribution in [0.3, 0.4) is 0 Å². The second-order valence-electron chi connectivity index (χ2n) is 14.3. The minimum absolute atomic E-state index is 0.575.